The fourth-order valence-electron chi connectivity index (χ4n) is 1.78. The number of carbonyl (C=O) groups excluding carboxylic acids is 1. The van der Waals surface area contributed by atoms with Crippen LogP contribution in [0.5, 0.6) is 11.5 Å². The van der Waals surface area contributed by atoms with Gasteiger partial charge in [-0.05, 0) is 28.1 Å². The molecule has 0 saturated carbocycles. The summed E-state index contributed by atoms with van der Waals surface area (Å²) in [5.41, 5.74) is 0.708. The van der Waals surface area contributed by atoms with Gasteiger partial charge in [-0.3, -0.25) is 0 Å². The minimum Gasteiger partial charge on any atom is -0.496 e. The molecule has 0 atom stereocenters. The van der Waals surface area contributed by atoms with Crippen LogP contribution < -0.4 is 9.47 Å². The van der Waals surface area contributed by atoms with E-state index in [0.29, 0.717) is 17.0 Å². The molecule has 0 unspecified atom stereocenters. The van der Waals surface area contributed by atoms with E-state index in [-0.39, 0.29) is 5.69 Å². The number of aromatic nitrogens is 1. The highest BCUT2D eigenvalue weighted by Crippen LogP contribution is 2.37. The highest BCUT2D eigenvalue weighted by Gasteiger charge is 2.17. The van der Waals surface area contributed by atoms with E-state index in [0.717, 1.165) is 9.86 Å². The summed E-state index contributed by atoms with van der Waals surface area (Å²) < 4.78 is 16.1. The second-order valence-electron chi connectivity index (χ2n) is 3.67. The molecule has 0 bridgehead atoms. The van der Waals surface area contributed by atoms with E-state index in [4.69, 9.17) is 9.47 Å². The van der Waals surface area contributed by atoms with Gasteiger partial charge in [-0.2, -0.15) is 0 Å². The van der Waals surface area contributed by atoms with Crippen molar-refractivity contribution >= 4 is 32.8 Å². The van der Waals surface area contributed by atoms with Crippen LogP contribution in [0.25, 0.3) is 10.9 Å². The predicted octanol–water partition coefficient (Wildman–Crippen LogP) is 2.80. The molecule has 1 aromatic carbocycles. The smallest absolute Gasteiger partial charge is 0.356 e. The van der Waals surface area contributed by atoms with Gasteiger partial charge in [-0.25, -0.2) is 9.78 Å². The van der Waals surface area contributed by atoms with Crippen LogP contribution in [0.3, 0.4) is 0 Å². The first-order chi connectivity index (χ1) is 9.12. The number of halogens is 1. The molecule has 2 rings (SSSR count). The summed E-state index contributed by atoms with van der Waals surface area (Å²) in [7, 11) is 4.38. The van der Waals surface area contributed by atoms with E-state index < -0.39 is 5.97 Å². The molecule has 6 heteroatoms. The van der Waals surface area contributed by atoms with Gasteiger partial charge in [-0.15, -0.1) is 0 Å². The number of fused-ring (bicyclic) bond motifs is 1. The molecule has 0 saturated heterocycles. The van der Waals surface area contributed by atoms with Gasteiger partial charge in [-0.1, -0.05) is 0 Å². The molecular weight excluding hydrogens is 314 g/mol. The van der Waals surface area contributed by atoms with E-state index in [2.05, 4.69) is 25.7 Å². The standard InChI is InChI=1S/C13H12BrNO4/c1-17-9-5-4-7(14)11-10(18-2)6-8(13(16)19-3)15-12(9)11/h4-6H,1-3H3. The Balaban J connectivity index is 2.84. The molecule has 0 N–H and O–H groups in total. The Morgan fingerprint density at radius 1 is 1.16 bits per heavy atom. The summed E-state index contributed by atoms with van der Waals surface area (Å²) in [6, 6.07) is 5.14. The lowest BCUT2D eigenvalue weighted by Gasteiger charge is -2.11. The van der Waals surface area contributed by atoms with Crippen LogP contribution in [0.4, 0.5) is 0 Å². The molecule has 0 aliphatic heterocycles. The molecule has 100 valence electrons. The van der Waals surface area contributed by atoms with Gasteiger partial charge in [0.15, 0.2) is 5.69 Å². The second-order valence-corrected chi connectivity index (χ2v) is 4.53. The van der Waals surface area contributed by atoms with Crippen molar-refractivity contribution < 1.29 is 19.0 Å². The molecule has 0 aliphatic rings. The summed E-state index contributed by atoms with van der Waals surface area (Å²) in [6.07, 6.45) is 0. The number of rotatable bonds is 3. The summed E-state index contributed by atoms with van der Waals surface area (Å²) in [4.78, 5) is 15.9. The molecule has 5 nitrogen and oxygen atoms in total. The highest BCUT2D eigenvalue weighted by molar-refractivity contribution is 9.10. The minimum absolute atomic E-state index is 0.170. The lowest BCUT2D eigenvalue weighted by atomic mass is 10.1. The Hall–Kier alpha value is -1.82. The third kappa shape index (κ3) is 2.35. The summed E-state index contributed by atoms with van der Waals surface area (Å²) in [5, 5.41) is 0.745. The fourth-order valence-corrected chi connectivity index (χ4v) is 2.29. The van der Waals surface area contributed by atoms with Crippen molar-refractivity contribution in [2.24, 2.45) is 0 Å². The maximum atomic E-state index is 11.6. The largest absolute Gasteiger partial charge is 0.496 e. The molecule has 19 heavy (non-hydrogen) atoms. The fraction of sp³-hybridized carbons (Fsp3) is 0.231. The lowest BCUT2D eigenvalue weighted by Crippen LogP contribution is -2.05. The van der Waals surface area contributed by atoms with E-state index in [9.17, 15) is 4.79 Å². The Morgan fingerprint density at radius 3 is 2.42 bits per heavy atom. The highest BCUT2D eigenvalue weighted by atomic mass is 79.9. The molecule has 0 spiro atoms. The van der Waals surface area contributed by atoms with Crippen molar-refractivity contribution in [1.82, 2.24) is 4.98 Å². The topological polar surface area (TPSA) is 57.7 Å². The molecule has 0 radical (unpaired) electrons. The number of benzene rings is 1. The number of hydrogen-bond donors (Lipinski definition) is 0. The van der Waals surface area contributed by atoms with Crippen LogP contribution in [-0.4, -0.2) is 32.3 Å². The number of nitrogens with zero attached hydrogens (tertiary/aromatic N) is 1. The molecular formula is C13H12BrNO4. The summed E-state index contributed by atoms with van der Waals surface area (Å²) in [5.74, 6) is 0.556. The number of hydrogen-bond acceptors (Lipinski definition) is 5. The summed E-state index contributed by atoms with van der Waals surface area (Å²) in [6.45, 7) is 0. The van der Waals surface area contributed by atoms with Crippen molar-refractivity contribution in [2.75, 3.05) is 21.3 Å². The minimum atomic E-state index is -0.526. The van der Waals surface area contributed by atoms with Crippen LogP contribution in [0.1, 0.15) is 10.5 Å². The maximum absolute atomic E-state index is 11.6. The van der Waals surface area contributed by atoms with Gasteiger partial charge in [0.25, 0.3) is 0 Å². The number of esters is 1. The van der Waals surface area contributed by atoms with E-state index in [1.807, 2.05) is 6.07 Å². The van der Waals surface area contributed by atoms with E-state index in [1.165, 1.54) is 14.2 Å². The van der Waals surface area contributed by atoms with Gasteiger partial charge < -0.3 is 14.2 Å². The zero-order valence-electron chi connectivity index (χ0n) is 10.7. The molecule has 0 aliphatic carbocycles. The maximum Gasteiger partial charge on any atom is 0.356 e. The van der Waals surface area contributed by atoms with Gasteiger partial charge >= 0.3 is 5.97 Å². The lowest BCUT2D eigenvalue weighted by molar-refractivity contribution is 0.0594. The SMILES string of the molecule is COC(=O)c1cc(OC)c2c(Br)ccc(OC)c2n1. The van der Waals surface area contributed by atoms with Crippen molar-refractivity contribution in [1.29, 1.82) is 0 Å². The van der Waals surface area contributed by atoms with Gasteiger partial charge in [0.1, 0.15) is 17.0 Å². The molecule has 1 heterocycles. The quantitative estimate of drug-likeness (QED) is 0.812. The first-order valence-corrected chi connectivity index (χ1v) is 6.21. The third-order valence-corrected chi connectivity index (χ3v) is 3.33. The van der Waals surface area contributed by atoms with Crippen molar-refractivity contribution in [3.8, 4) is 11.5 Å². The van der Waals surface area contributed by atoms with Crippen LogP contribution in [0.2, 0.25) is 0 Å². The first kappa shape index (κ1) is 13.6. The van der Waals surface area contributed by atoms with Crippen LogP contribution >= 0.6 is 15.9 Å². The Labute approximate surface area is 118 Å². The Kier molecular flexibility index (Phi) is 3.90. The van der Waals surface area contributed by atoms with Crippen LogP contribution in [0, 0.1) is 0 Å². The van der Waals surface area contributed by atoms with Crippen molar-refractivity contribution in [3.63, 3.8) is 0 Å². The summed E-state index contributed by atoms with van der Waals surface area (Å²) >= 11 is 3.44. The molecule has 2 aromatic rings. The van der Waals surface area contributed by atoms with Crippen LogP contribution in [0.15, 0.2) is 22.7 Å². The zero-order chi connectivity index (χ0) is 14.0. The van der Waals surface area contributed by atoms with Gasteiger partial charge in [0, 0.05) is 10.5 Å². The molecule has 0 amide bonds. The van der Waals surface area contributed by atoms with Crippen LogP contribution in [-0.2, 0) is 4.74 Å². The van der Waals surface area contributed by atoms with E-state index in [1.54, 1.807) is 19.2 Å². The average molecular weight is 326 g/mol. The third-order valence-electron chi connectivity index (χ3n) is 2.67. The first-order valence-electron chi connectivity index (χ1n) is 5.42. The molecule has 0 fully saturated rings. The predicted molar refractivity (Wildman–Crippen MR) is 73.9 cm³/mol. The normalized spacial score (nSPS) is 10.3. The average Bonchev–Trinajstić information content (AvgIpc) is 2.45. The van der Waals surface area contributed by atoms with Gasteiger partial charge in [0.2, 0.25) is 0 Å². The molecule has 1 aromatic heterocycles. The second kappa shape index (κ2) is 5.44. The Morgan fingerprint density at radius 2 is 1.84 bits per heavy atom. The number of carbonyl (C=O) groups is 1. The van der Waals surface area contributed by atoms with Crippen molar-refractivity contribution in [3.05, 3.63) is 28.4 Å². The Bertz CT molecular complexity index is 642. The zero-order valence-corrected chi connectivity index (χ0v) is 12.3. The number of methoxy groups -OCH3 is 3. The monoisotopic (exact) mass is 325 g/mol. The number of ether oxygens (including phenoxy) is 3. The number of pyridine rings is 1. The van der Waals surface area contributed by atoms with Crippen molar-refractivity contribution in [2.45, 2.75) is 0 Å². The van der Waals surface area contributed by atoms with Gasteiger partial charge in [0.05, 0.1) is 26.7 Å². The van der Waals surface area contributed by atoms with E-state index >= 15 is 0 Å².